The van der Waals surface area contributed by atoms with Crippen LogP contribution in [0.3, 0.4) is 0 Å². The van der Waals surface area contributed by atoms with Crippen molar-refractivity contribution in [2.24, 2.45) is 16.2 Å². The third-order valence-corrected chi connectivity index (χ3v) is 8.91. The Labute approximate surface area is 172 Å². The number of carbonyl (C=O) groups is 1. The first-order valence-electron chi connectivity index (χ1n) is 8.94. The number of halogens is 3. The molecule has 0 saturated heterocycles. The third-order valence-electron chi connectivity index (χ3n) is 4.79. The van der Waals surface area contributed by atoms with Gasteiger partial charge in [-0.3, -0.25) is 4.79 Å². The van der Waals surface area contributed by atoms with Gasteiger partial charge in [0.25, 0.3) is 0 Å². The fourth-order valence-electron chi connectivity index (χ4n) is 2.69. The SMILES string of the molecule is CN(S(=O)(=O)CCCOC(=O)C(C)(CC(C)(C)C)C(C)(C)C)S(=O)(=O)C(F)(F)F. The summed E-state index contributed by atoms with van der Waals surface area (Å²) in [5, 5.41) is 0. The van der Waals surface area contributed by atoms with Crippen LogP contribution in [0.4, 0.5) is 13.2 Å². The van der Waals surface area contributed by atoms with E-state index < -0.39 is 51.8 Å². The minimum absolute atomic E-state index is 0.195. The topological polar surface area (TPSA) is 97.8 Å². The number of esters is 1. The molecule has 0 aromatic heterocycles. The van der Waals surface area contributed by atoms with Crippen molar-refractivity contribution < 1.29 is 39.5 Å². The molecule has 7 nitrogen and oxygen atoms in total. The van der Waals surface area contributed by atoms with Gasteiger partial charge in [0.05, 0.1) is 17.8 Å². The van der Waals surface area contributed by atoms with Crippen molar-refractivity contribution in [3.63, 3.8) is 0 Å². The smallest absolute Gasteiger partial charge is 0.465 e. The molecule has 0 aliphatic carbocycles. The molecule has 0 fully saturated rings. The largest absolute Gasteiger partial charge is 0.512 e. The van der Waals surface area contributed by atoms with Crippen LogP contribution in [0.1, 0.15) is 61.3 Å². The molecule has 1 atom stereocenters. The Kier molecular flexibility index (Phi) is 8.43. The molecule has 0 aromatic rings. The second kappa shape index (κ2) is 8.70. The van der Waals surface area contributed by atoms with Gasteiger partial charge in [0.15, 0.2) is 0 Å². The number of carbonyl (C=O) groups excluding carboxylic acids is 1. The third kappa shape index (κ3) is 7.09. The molecule has 174 valence electrons. The van der Waals surface area contributed by atoms with E-state index in [2.05, 4.69) is 0 Å². The van der Waals surface area contributed by atoms with Gasteiger partial charge in [0.2, 0.25) is 10.0 Å². The monoisotopic (exact) mass is 467 g/mol. The Morgan fingerprint density at radius 2 is 1.38 bits per heavy atom. The maximum absolute atomic E-state index is 12.7. The molecule has 0 heterocycles. The molecule has 0 N–H and O–H groups in total. The molecular formula is C17H32F3NO6S2. The lowest BCUT2D eigenvalue weighted by Gasteiger charge is -2.43. The Hall–Kier alpha value is -0.880. The highest BCUT2D eigenvalue weighted by atomic mass is 32.3. The second-order valence-electron chi connectivity index (χ2n) is 9.46. The number of alkyl halides is 3. The first-order valence-corrected chi connectivity index (χ1v) is 12.0. The summed E-state index contributed by atoms with van der Waals surface area (Å²) in [6.45, 7) is 12.9. The minimum atomic E-state index is -6.01. The Morgan fingerprint density at radius 1 is 0.931 bits per heavy atom. The van der Waals surface area contributed by atoms with E-state index in [9.17, 15) is 34.8 Å². The predicted molar refractivity (Wildman–Crippen MR) is 104 cm³/mol. The maximum Gasteiger partial charge on any atom is 0.512 e. The molecule has 0 radical (unpaired) electrons. The highest BCUT2D eigenvalue weighted by Crippen LogP contribution is 2.47. The van der Waals surface area contributed by atoms with Gasteiger partial charge in [0, 0.05) is 7.05 Å². The van der Waals surface area contributed by atoms with Crippen LogP contribution in [0, 0.1) is 16.2 Å². The maximum atomic E-state index is 12.7. The molecule has 0 bridgehead atoms. The number of rotatable bonds is 8. The molecule has 12 heteroatoms. The van der Waals surface area contributed by atoms with Crippen LogP contribution in [-0.2, 0) is 29.6 Å². The number of sulfonamides is 2. The molecule has 29 heavy (non-hydrogen) atoms. The van der Waals surface area contributed by atoms with Crippen molar-refractivity contribution in [2.75, 3.05) is 19.4 Å². The molecule has 0 amide bonds. The van der Waals surface area contributed by atoms with E-state index in [1.54, 1.807) is 6.92 Å². The summed E-state index contributed by atoms with van der Waals surface area (Å²) in [5.41, 5.74) is -7.28. The van der Waals surface area contributed by atoms with Crippen molar-refractivity contribution in [3.05, 3.63) is 0 Å². The van der Waals surface area contributed by atoms with Crippen LogP contribution in [0.15, 0.2) is 0 Å². The van der Waals surface area contributed by atoms with Crippen LogP contribution in [-0.4, -0.2) is 51.4 Å². The first kappa shape index (κ1) is 28.1. The lowest BCUT2D eigenvalue weighted by Crippen LogP contribution is -2.44. The lowest BCUT2D eigenvalue weighted by molar-refractivity contribution is -0.164. The fraction of sp³-hybridized carbons (Fsp3) is 0.941. The Bertz CT molecular complexity index is 792. The summed E-state index contributed by atoms with van der Waals surface area (Å²) < 4.78 is 88.4. The van der Waals surface area contributed by atoms with Gasteiger partial charge < -0.3 is 4.74 Å². The van der Waals surface area contributed by atoms with Crippen LogP contribution in [0.25, 0.3) is 0 Å². The summed E-state index contributed by atoms with van der Waals surface area (Å²) in [5.74, 6) is -1.47. The normalized spacial score (nSPS) is 16.6. The molecule has 0 spiro atoms. The van der Waals surface area contributed by atoms with Crippen molar-refractivity contribution in [1.82, 2.24) is 3.71 Å². The quantitative estimate of drug-likeness (QED) is 0.400. The minimum Gasteiger partial charge on any atom is -0.465 e. The summed E-state index contributed by atoms with van der Waals surface area (Å²) in [4.78, 5) is 12.7. The van der Waals surface area contributed by atoms with Gasteiger partial charge in [-0.25, -0.2) is 16.8 Å². The summed E-state index contributed by atoms with van der Waals surface area (Å²) in [7, 11) is -10.4. The predicted octanol–water partition coefficient (Wildman–Crippen LogP) is 3.52. The van der Waals surface area contributed by atoms with Gasteiger partial charge >= 0.3 is 21.5 Å². The fourth-order valence-corrected chi connectivity index (χ4v) is 5.40. The van der Waals surface area contributed by atoms with Crippen LogP contribution in [0.2, 0.25) is 0 Å². The van der Waals surface area contributed by atoms with Crippen molar-refractivity contribution in [2.45, 2.75) is 66.8 Å². The second-order valence-corrected chi connectivity index (χ2v) is 13.8. The van der Waals surface area contributed by atoms with Crippen LogP contribution in [0.5, 0.6) is 0 Å². The van der Waals surface area contributed by atoms with E-state index in [-0.39, 0.29) is 18.4 Å². The summed E-state index contributed by atoms with van der Waals surface area (Å²) in [6.07, 6.45) is 0.148. The number of nitrogens with zero attached hydrogens (tertiary/aromatic N) is 1. The Morgan fingerprint density at radius 3 is 1.72 bits per heavy atom. The van der Waals surface area contributed by atoms with Gasteiger partial charge in [0.1, 0.15) is 0 Å². The molecule has 0 aromatic carbocycles. The van der Waals surface area contributed by atoms with Crippen LogP contribution < -0.4 is 0 Å². The molecule has 1 unspecified atom stereocenters. The van der Waals surface area contributed by atoms with Gasteiger partial charge in [-0.05, 0) is 30.6 Å². The average Bonchev–Trinajstić information content (AvgIpc) is 2.46. The summed E-state index contributed by atoms with van der Waals surface area (Å²) in [6, 6.07) is 0. The van der Waals surface area contributed by atoms with E-state index in [1.165, 1.54) is 0 Å². The average molecular weight is 468 g/mol. The molecule has 0 rings (SSSR count). The Balaban J connectivity index is 5.14. The molecular weight excluding hydrogens is 435 g/mol. The van der Waals surface area contributed by atoms with E-state index in [0.717, 1.165) is 0 Å². The molecule has 0 saturated carbocycles. The van der Waals surface area contributed by atoms with E-state index in [4.69, 9.17) is 4.74 Å². The zero-order valence-electron chi connectivity index (χ0n) is 18.2. The number of hydrogen-bond acceptors (Lipinski definition) is 6. The van der Waals surface area contributed by atoms with E-state index in [0.29, 0.717) is 13.5 Å². The van der Waals surface area contributed by atoms with Gasteiger partial charge in [-0.2, -0.15) is 13.2 Å². The van der Waals surface area contributed by atoms with Crippen molar-refractivity contribution in [1.29, 1.82) is 0 Å². The lowest BCUT2D eigenvalue weighted by atomic mass is 9.61. The van der Waals surface area contributed by atoms with Gasteiger partial charge in [-0.15, -0.1) is 0 Å². The number of ether oxygens (including phenoxy) is 1. The number of hydrogen-bond donors (Lipinski definition) is 0. The standard InChI is InChI=1S/C17H32F3NO6S2/c1-14(2,3)12-16(7,15(4,5)6)13(22)27-10-9-11-28(23,24)21(8)29(25,26)17(18,19)20/h9-12H2,1-8H3. The van der Waals surface area contributed by atoms with Gasteiger partial charge in [-0.1, -0.05) is 45.3 Å². The summed E-state index contributed by atoms with van der Waals surface area (Å²) >= 11 is 0. The van der Waals surface area contributed by atoms with Crippen molar-refractivity contribution in [3.8, 4) is 0 Å². The zero-order chi connectivity index (χ0) is 23.7. The molecule has 0 aliphatic heterocycles. The molecule has 0 aliphatic rings. The van der Waals surface area contributed by atoms with Crippen molar-refractivity contribution >= 4 is 26.0 Å². The highest BCUT2D eigenvalue weighted by Gasteiger charge is 2.52. The van der Waals surface area contributed by atoms with E-state index >= 15 is 0 Å². The van der Waals surface area contributed by atoms with Crippen LogP contribution >= 0.6 is 0 Å². The zero-order valence-corrected chi connectivity index (χ0v) is 19.8. The van der Waals surface area contributed by atoms with E-state index in [1.807, 2.05) is 41.5 Å². The first-order chi connectivity index (χ1) is 12.5. The highest BCUT2D eigenvalue weighted by molar-refractivity contribution is 8.04.